The molecule has 1 aliphatic rings. The molecular weight excluding hydrogens is 138 g/mol. The predicted octanol–water partition coefficient (Wildman–Crippen LogP) is 1.55. The molecule has 0 radical (unpaired) electrons. The largest absolute Gasteiger partial charge is 0.374 e. The third kappa shape index (κ3) is 2.80. The van der Waals surface area contributed by atoms with Crippen LogP contribution in [-0.4, -0.2) is 24.8 Å². The second kappa shape index (κ2) is 4.07. The van der Waals surface area contributed by atoms with Crippen molar-refractivity contribution in [1.29, 1.82) is 0 Å². The number of hydrogen-bond acceptors (Lipinski definition) is 2. The summed E-state index contributed by atoms with van der Waals surface area (Å²) >= 11 is 0. The highest BCUT2D eigenvalue weighted by Gasteiger charge is 2.23. The van der Waals surface area contributed by atoms with Crippen LogP contribution in [0.5, 0.6) is 0 Å². The number of hydrogen-bond donors (Lipinski definition) is 1. The molecule has 0 amide bonds. The Bertz CT molecular complexity index is 114. The zero-order valence-electron chi connectivity index (χ0n) is 7.76. The first-order chi connectivity index (χ1) is 5.22. The molecule has 0 bridgehead atoms. The van der Waals surface area contributed by atoms with Crippen molar-refractivity contribution in [3.63, 3.8) is 0 Å². The summed E-state index contributed by atoms with van der Waals surface area (Å²) in [4.78, 5) is 0. The van der Waals surface area contributed by atoms with E-state index < -0.39 is 0 Å². The first-order valence-electron chi connectivity index (χ1n) is 4.61. The minimum atomic E-state index is 0.373. The van der Waals surface area contributed by atoms with Crippen LogP contribution in [0, 0.1) is 0 Å². The van der Waals surface area contributed by atoms with Gasteiger partial charge in [0.1, 0.15) is 0 Å². The molecule has 1 aliphatic heterocycles. The third-order valence-corrected chi connectivity index (χ3v) is 2.14. The molecule has 0 aromatic rings. The van der Waals surface area contributed by atoms with Crippen molar-refractivity contribution in [3.05, 3.63) is 0 Å². The molecule has 66 valence electrons. The quantitative estimate of drug-likeness (QED) is 0.671. The lowest BCUT2D eigenvalue weighted by Crippen LogP contribution is -2.21. The van der Waals surface area contributed by atoms with Crippen molar-refractivity contribution < 1.29 is 4.74 Å². The van der Waals surface area contributed by atoms with Gasteiger partial charge in [0, 0.05) is 12.6 Å². The van der Waals surface area contributed by atoms with E-state index in [-0.39, 0.29) is 0 Å². The fraction of sp³-hybridized carbons (Fsp3) is 1.00. The molecule has 1 rings (SSSR count). The lowest BCUT2D eigenvalue weighted by Gasteiger charge is -2.13. The molecule has 0 spiro atoms. The van der Waals surface area contributed by atoms with Gasteiger partial charge in [0.25, 0.3) is 0 Å². The molecule has 0 aromatic carbocycles. The molecule has 1 N–H and O–H groups in total. The smallest absolute Gasteiger partial charge is 0.0717 e. The van der Waals surface area contributed by atoms with Crippen molar-refractivity contribution in [2.75, 3.05) is 6.54 Å². The second-order valence-corrected chi connectivity index (χ2v) is 3.56. The van der Waals surface area contributed by atoms with Crippen molar-refractivity contribution in [3.8, 4) is 0 Å². The van der Waals surface area contributed by atoms with E-state index in [9.17, 15) is 0 Å². The maximum absolute atomic E-state index is 5.68. The average molecular weight is 157 g/mol. The van der Waals surface area contributed by atoms with Crippen LogP contribution >= 0.6 is 0 Å². The summed E-state index contributed by atoms with van der Waals surface area (Å²) in [7, 11) is 0. The third-order valence-electron chi connectivity index (χ3n) is 2.14. The fourth-order valence-electron chi connectivity index (χ4n) is 1.58. The topological polar surface area (TPSA) is 21.3 Å². The SMILES string of the molecule is CC[C@@H]1C[C@@H](OC(C)C)CN1. The van der Waals surface area contributed by atoms with Gasteiger partial charge in [0.15, 0.2) is 0 Å². The standard InChI is InChI=1S/C9H19NO/c1-4-8-5-9(6-10-8)11-7(2)3/h7-10H,4-6H2,1-3H3/t8-,9-/m1/s1. The van der Waals surface area contributed by atoms with E-state index in [1.807, 2.05) is 0 Å². The van der Waals surface area contributed by atoms with Crippen LogP contribution in [0.3, 0.4) is 0 Å². The van der Waals surface area contributed by atoms with Crippen LogP contribution in [0.4, 0.5) is 0 Å². The number of ether oxygens (including phenoxy) is 1. The Morgan fingerprint density at radius 2 is 2.27 bits per heavy atom. The van der Waals surface area contributed by atoms with Gasteiger partial charge in [-0.2, -0.15) is 0 Å². The molecular formula is C9H19NO. The Morgan fingerprint density at radius 3 is 2.73 bits per heavy atom. The molecule has 2 nitrogen and oxygen atoms in total. The van der Waals surface area contributed by atoms with Crippen LogP contribution in [-0.2, 0) is 4.74 Å². The van der Waals surface area contributed by atoms with Gasteiger partial charge >= 0.3 is 0 Å². The maximum atomic E-state index is 5.68. The summed E-state index contributed by atoms with van der Waals surface area (Å²) in [5.41, 5.74) is 0. The Kier molecular flexibility index (Phi) is 3.34. The summed E-state index contributed by atoms with van der Waals surface area (Å²) in [5, 5.41) is 3.44. The molecule has 1 saturated heterocycles. The maximum Gasteiger partial charge on any atom is 0.0717 e. The molecule has 0 aromatic heterocycles. The number of nitrogens with one attached hydrogen (secondary N) is 1. The average Bonchev–Trinajstić information content (AvgIpc) is 2.34. The normalized spacial score (nSPS) is 31.6. The molecule has 1 heterocycles. The predicted molar refractivity (Wildman–Crippen MR) is 46.7 cm³/mol. The summed E-state index contributed by atoms with van der Waals surface area (Å²) < 4.78 is 5.68. The van der Waals surface area contributed by atoms with Crippen LogP contribution in [0.2, 0.25) is 0 Å². The van der Waals surface area contributed by atoms with Gasteiger partial charge in [-0.1, -0.05) is 6.92 Å². The Morgan fingerprint density at radius 1 is 1.55 bits per heavy atom. The van der Waals surface area contributed by atoms with Crippen LogP contribution in [0.15, 0.2) is 0 Å². The molecule has 11 heavy (non-hydrogen) atoms. The highest BCUT2D eigenvalue weighted by Crippen LogP contribution is 2.13. The zero-order valence-corrected chi connectivity index (χ0v) is 7.76. The molecule has 0 saturated carbocycles. The van der Waals surface area contributed by atoms with E-state index in [2.05, 4.69) is 26.1 Å². The van der Waals surface area contributed by atoms with E-state index >= 15 is 0 Å². The first-order valence-corrected chi connectivity index (χ1v) is 4.61. The zero-order chi connectivity index (χ0) is 8.27. The van der Waals surface area contributed by atoms with Gasteiger partial charge in [0.2, 0.25) is 0 Å². The Balaban J connectivity index is 2.19. The lowest BCUT2D eigenvalue weighted by molar-refractivity contribution is 0.0186. The van der Waals surface area contributed by atoms with E-state index in [0.717, 1.165) is 6.54 Å². The highest BCUT2D eigenvalue weighted by molar-refractivity contribution is 4.81. The van der Waals surface area contributed by atoms with Crippen LogP contribution in [0.1, 0.15) is 33.6 Å². The monoisotopic (exact) mass is 157 g/mol. The van der Waals surface area contributed by atoms with E-state index in [4.69, 9.17) is 4.74 Å². The highest BCUT2D eigenvalue weighted by atomic mass is 16.5. The van der Waals surface area contributed by atoms with Gasteiger partial charge in [-0.25, -0.2) is 0 Å². The molecule has 0 aliphatic carbocycles. The van der Waals surface area contributed by atoms with Gasteiger partial charge in [0.05, 0.1) is 12.2 Å². The van der Waals surface area contributed by atoms with Gasteiger partial charge < -0.3 is 10.1 Å². The van der Waals surface area contributed by atoms with Crippen LogP contribution in [0.25, 0.3) is 0 Å². The van der Waals surface area contributed by atoms with Crippen molar-refractivity contribution in [1.82, 2.24) is 5.32 Å². The lowest BCUT2D eigenvalue weighted by atomic mass is 10.1. The molecule has 1 fully saturated rings. The van der Waals surface area contributed by atoms with E-state index in [1.165, 1.54) is 12.8 Å². The molecule has 2 heteroatoms. The summed E-state index contributed by atoms with van der Waals surface area (Å²) in [6, 6.07) is 0.693. The van der Waals surface area contributed by atoms with Gasteiger partial charge in [-0.3, -0.25) is 0 Å². The Labute approximate surface area is 69.3 Å². The van der Waals surface area contributed by atoms with Crippen molar-refractivity contribution in [2.45, 2.75) is 51.9 Å². The van der Waals surface area contributed by atoms with Gasteiger partial charge in [-0.05, 0) is 26.7 Å². The Hall–Kier alpha value is -0.0800. The minimum absolute atomic E-state index is 0.373. The summed E-state index contributed by atoms with van der Waals surface area (Å²) in [6.45, 7) is 7.45. The number of rotatable bonds is 3. The van der Waals surface area contributed by atoms with E-state index in [1.54, 1.807) is 0 Å². The molecule has 2 atom stereocenters. The van der Waals surface area contributed by atoms with E-state index in [0.29, 0.717) is 18.2 Å². The summed E-state index contributed by atoms with van der Waals surface area (Å²) in [6.07, 6.45) is 3.24. The first kappa shape index (κ1) is 9.01. The minimum Gasteiger partial charge on any atom is -0.374 e. The molecule has 0 unspecified atom stereocenters. The summed E-state index contributed by atoms with van der Waals surface area (Å²) in [5.74, 6) is 0. The van der Waals surface area contributed by atoms with Crippen LogP contribution < -0.4 is 5.32 Å². The fourth-order valence-corrected chi connectivity index (χ4v) is 1.58. The van der Waals surface area contributed by atoms with Crippen molar-refractivity contribution in [2.24, 2.45) is 0 Å². The second-order valence-electron chi connectivity index (χ2n) is 3.56. The van der Waals surface area contributed by atoms with Gasteiger partial charge in [-0.15, -0.1) is 0 Å². The van der Waals surface area contributed by atoms with Crippen molar-refractivity contribution >= 4 is 0 Å².